The Morgan fingerprint density at radius 2 is 1.70 bits per heavy atom. The molecule has 1 unspecified atom stereocenters. The molecule has 0 saturated heterocycles. The molecule has 0 spiro atoms. The summed E-state index contributed by atoms with van der Waals surface area (Å²) in [6, 6.07) is 8.51. The molecule has 2 fully saturated rings. The second kappa shape index (κ2) is 5.35. The van der Waals surface area contributed by atoms with Gasteiger partial charge in [0.1, 0.15) is 0 Å². The average molecular weight is 270 g/mol. The molecule has 1 aromatic carbocycles. The molecular weight excluding hydrogens is 244 g/mol. The van der Waals surface area contributed by atoms with Gasteiger partial charge >= 0.3 is 0 Å². The second-order valence-electron chi connectivity index (χ2n) is 7.40. The molecule has 0 aromatic heterocycles. The SMILES string of the molecule is CC1(C)CCCCC1C(=O)c1ccc(C2CCC2)cc1. The minimum Gasteiger partial charge on any atom is -0.294 e. The molecule has 0 radical (unpaired) electrons. The predicted octanol–water partition coefficient (Wildman–Crippen LogP) is 5.35. The largest absolute Gasteiger partial charge is 0.294 e. The van der Waals surface area contributed by atoms with Gasteiger partial charge in [-0.15, -0.1) is 0 Å². The van der Waals surface area contributed by atoms with Crippen molar-refractivity contribution in [2.75, 3.05) is 0 Å². The Kier molecular flexibility index (Phi) is 3.70. The summed E-state index contributed by atoms with van der Waals surface area (Å²) in [7, 11) is 0. The van der Waals surface area contributed by atoms with Gasteiger partial charge < -0.3 is 0 Å². The summed E-state index contributed by atoms with van der Waals surface area (Å²) in [6.45, 7) is 4.52. The maximum atomic E-state index is 12.8. The fourth-order valence-corrected chi connectivity index (χ4v) is 3.84. The first-order chi connectivity index (χ1) is 9.58. The van der Waals surface area contributed by atoms with Gasteiger partial charge in [-0.3, -0.25) is 4.79 Å². The summed E-state index contributed by atoms with van der Waals surface area (Å²) in [5.74, 6) is 1.34. The molecule has 0 N–H and O–H groups in total. The number of hydrogen-bond acceptors (Lipinski definition) is 1. The van der Waals surface area contributed by atoms with E-state index >= 15 is 0 Å². The van der Waals surface area contributed by atoms with E-state index < -0.39 is 0 Å². The van der Waals surface area contributed by atoms with Crippen LogP contribution >= 0.6 is 0 Å². The topological polar surface area (TPSA) is 17.1 Å². The van der Waals surface area contributed by atoms with Gasteiger partial charge in [0.25, 0.3) is 0 Å². The van der Waals surface area contributed by atoms with E-state index in [2.05, 4.69) is 38.1 Å². The third kappa shape index (κ3) is 2.55. The lowest BCUT2D eigenvalue weighted by Gasteiger charge is -2.37. The molecule has 0 aliphatic heterocycles. The quantitative estimate of drug-likeness (QED) is 0.676. The van der Waals surface area contributed by atoms with Gasteiger partial charge in [0.05, 0.1) is 0 Å². The fraction of sp³-hybridized carbons (Fsp3) is 0.632. The van der Waals surface area contributed by atoms with Crippen LogP contribution in [0.5, 0.6) is 0 Å². The zero-order valence-corrected chi connectivity index (χ0v) is 12.8. The number of hydrogen-bond donors (Lipinski definition) is 0. The first-order valence-electron chi connectivity index (χ1n) is 8.22. The van der Waals surface area contributed by atoms with Crippen LogP contribution in [-0.2, 0) is 0 Å². The standard InChI is InChI=1S/C19H26O/c1-19(2)13-4-3-8-17(19)18(20)16-11-9-15(10-12-16)14-6-5-7-14/h9-12,14,17H,3-8,13H2,1-2H3. The number of Topliss-reactive ketones (excluding diaryl/α,β-unsaturated/α-hetero) is 1. The normalized spacial score (nSPS) is 26.0. The summed E-state index contributed by atoms with van der Waals surface area (Å²) in [5, 5.41) is 0. The van der Waals surface area contributed by atoms with Crippen LogP contribution in [0, 0.1) is 11.3 Å². The van der Waals surface area contributed by atoms with E-state index in [9.17, 15) is 4.79 Å². The average Bonchev–Trinajstić information content (AvgIpc) is 2.36. The van der Waals surface area contributed by atoms with E-state index in [0.29, 0.717) is 5.78 Å². The van der Waals surface area contributed by atoms with Crippen molar-refractivity contribution >= 4 is 5.78 Å². The third-order valence-electron chi connectivity index (χ3n) is 5.60. The molecular formula is C19H26O. The number of carbonyl (C=O) groups is 1. The van der Waals surface area contributed by atoms with E-state index in [0.717, 1.165) is 17.9 Å². The van der Waals surface area contributed by atoms with Crippen molar-refractivity contribution in [3.05, 3.63) is 35.4 Å². The highest BCUT2D eigenvalue weighted by Crippen LogP contribution is 2.42. The van der Waals surface area contributed by atoms with Crippen molar-refractivity contribution in [3.8, 4) is 0 Å². The van der Waals surface area contributed by atoms with Gasteiger partial charge in [-0.25, -0.2) is 0 Å². The van der Waals surface area contributed by atoms with E-state index in [-0.39, 0.29) is 11.3 Å². The molecule has 2 aliphatic carbocycles. The molecule has 2 aliphatic rings. The zero-order chi connectivity index (χ0) is 14.2. The van der Waals surface area contributed by atoms with Crippen molar-refractivity contribution in [2.24, 2.45) is 11.3 Å². The van der Waals surface area contributed by atoms with E-state index in [1.165, 1.54) is 44.1 Å². The van der Waals surface area contributed by atoms with Crippen LogP contribution < -0.4 is 0 Å². The van der Waals surface area contributed by atoms with Crippen LogP contribution in [-0.4, -0.2) is 5.78 Å². The summed E-state index contributed by atoms with van der Waals surface area (Å²) >= 11 is 0. The third-order valence-corrected chi connectivity index (χ3v) is 5.60. The maximum absolute atomic E-state index is 12.8. The Bertz CT molecular complexity index is 479. The molecule has 0 amide bonds. The number of benzene rings is 1. The highest BCUT2D eigenvalue weighted by atomic mass is 16.1. The summed E-state index contributed by atoms with van der Waals surface area (Å²) in [4.78, 5) is 12.8. The molecule has 3 rings (SSSR count). The lowest BCUT2D eigenvalue weighted by Crippen LogP contribution is -2.34. The lowest BCUT2D eigenvalue weighted by molar-refractivity contribution is 0.0697. The molecule has 0 heterocycles. The highest BCUT2D eigenvalue weighted by Gasteiger charge is 2.37. The van der Waals surface area contributed by atoms with Crippen LogP contribution in [0.25, 0.3) is 0 Å². The Morgan fingerprint density at radius 3 is 2.25 bits per heavy atom. The minimum atomic E-state index is 0.169. The van der Waals surface area contributed by atoms with Crippen LogP contribution in [0.1, 0.15) is 80.6 Å². The predicted molar refractivity (Wildman–Crippen MR) is 83.1 cm³/mol. The second-order valence-corrected chi connectivity index (χ2v) is 7.40. The highest BCUT2D eigenvalue weighted by molar-refractivity contribution is 5.98. The van der Waals surface area contributed by atoms with Crippen molar-refractivity contribution in [2.45, 2.75) is 64.7 Å². The maximum Gasteiger partial charge on any atom is 0.166 e. The minimum absolute atomic E-state index is 0.169. The van der Waals surface area contributed by atoms with Crippen LogP contribution in [0.3, 0.4) is 0 Å². The van der Waals surface area contributed by atoms with E-state index in [1.54, 1.807) is 0 Å². The molecule has 1 atom stereocenters. The molecule has 108 valence electrons. The number of carbonyl (C=O) groups excluding carboxylic acids is 1. The summed E-state index contributed by atoms with van der Waals surface area (Å²) < 4.78 is 0. The monoisotopic (exact) mass is 270 g/mol. The molecule has 1 heteroatoms. The first kappa shape index (κ1) is 13.9. The summed E-state index contributed by atoms with van der Waals surface area (Å²) in [5.41, 5.74) is 2.52. The number of rotatable bonds is 3. The Labute approximate surface area is 122 Å². The van der Waals surface area contributed by atoms with Crippen LogP contribution in [0.15, 0.2) is 24.3 Å². The van der Waals surface area contributed by atoms with Gasteiger partial charge in [0, 0.05) is 11.5 Å². The Hall–Kier alpha value is -1.11. The van der Waals surface area contributed by atoms with Gasteiger partial charge in [-0.1, -0.05) is 57.4 Å². The van der Waals surface area contributed by atoms with Crippen LogP contribution in [0.4, 0.5) is 0 Å². The van der Waals surface area contributed by atoms with Crippen molar-refractivity contribution in [1.29, 1.82) is 0 Å². The molecule has 20 heavy (non-hydrogen) atoms. The van der Waals surface area contributed by atoms with E-state index in [1.807, 2.05) is 0 Å². The van der Waals surface area contributed by atoms with Gasteiger partial charge in [-0.05, 0) is 42.6 Å². The Balaban J connectivity index is 1.76. The lowest BCUT2D eigenvalue weighted by atomic mass is 9.66. The molecule has 1 nitrogen and oxygen atoms in total. The van der Waals surface area contributed by atoms with E-state index in [4.69, 9.17) is 0 Å². The first-order valence-corrected chi connectivity index (χ1v) is 8.22. The molecule has 2 saturated carbocycles. The zero-order valence-electron chi connectivity index (χ0n) is 12.8. The smallest absolute Gasteiger partial charge is 0.166 e. The van der Waals surface area contributed by atoms with Crippen molar-refractivity contribution < 1.29 is 4.79 Å². The molecule has 0 bridgehead atoms. The fourth-order valence-electron chi connectivity index (χ4n) is 3.84. The van der Waals surface area contributed by atoms with Gasteiger partial charge in [0.2, 0.25) is 0 Å². The van der Waals surface area contributed by atoms with Crippen molar-refractivity contribution in [1.82, 2.24) is 0 Å². The van der Waals surface area contributed by atoms with Crippen LogP contribution in [0.2, 0.25) is 0 Å². The molecule has 1 aromatic rings. The summed E-state index contributed by atoms with van der Waals surface area (Å²) in [6.07, 6.45) is 8.74. The van der Waals surface area contributed by atoms with Gasteiger partial charge in [-0.2, -0.15) is 0 Å². The van der Waals surface area contributed by atoms with Crippen molar-refractivity contribution in [3.63, 3.8) is 0 Å². The Morgan fingerprint density at radius 1 is 1.00 bits per heavy atom. The van der Waals surface area contributed by atoms with Gasteiger partial charge in [0.15, 0.2) is 5.78 Å². The number of ketones is 1.